The first kappa shape index (κ1) is 15.9. The minimum Gasteiger partial charge on any atom is -0.352 e. The van der Waals surface area contributed by atoms with Crippen LogP contribution in [0.25, 0.3) is 10.6 Å². The van der Waals surface area contributed by atoms with E-state index in [-0.39, 0.29) is 5.91 Å². The standard InChI is InChI=1S/C18H15BrN2OS/c19-15-8-6-13(7-9-15)17(22)20-11-10-16-12-23-18(21-16)14-4-2-1-3-5-14/h1-9,12H,10-11H2,(H,20,22). The Morgan fingerprint density at radius 1 is 1.09 bits per heavy atom. The average Bonchev–Trinajstić information content (AvgIpc) is 3.05. The minimum absolute atomic E-state index is 0.0592. The van der Waals surface area contributed by atoms with Crippen LogP contribution in [0.15, 0.2) is 64.5 Å². The number of amides is 1. The molecule has 0 aliphatic carbocycles. The van der Waals surface area contributed by atoms with E-state index in [0.717, 1.165) is 27.2 Å². The Morgan fingerprint density at radius 3 is 2.57 bits per heavy atom. The molecule has 0 aliphatic rings. The van der Waals surface area contributed by atoms with Crippen LogP contribution in [0.2, 0.25) is 0 Å². The van der Waals surface area contributed by atoms with Crippen molar-refractivity contribution >= 4 is 33.2 Å². The van der Waals surface area contributed by atoms with Gasteiger partial charge in [-0.05, 0) is 24.3 Å². The molecule has 1 amide bonds. The van der Waals surface area contributed by atoms with Crippen LogP contribution in [0, 0.1) is 0 Å². The van der Waals surface area contributed by atoms with Crippen LogP contribution in [0.5, 0.6) is 0 Å². The van der Waals surface area contributed by atoms with Gasteiger partial charge in [-0.2, -0.15) is 0 Å². The molecule has 3 nitrogen and oxygen atoms in total. The van der Waals surface area contributed by atoms with Crippen LogP contribution in [-0.2, 0) is 6.42 Å². The molecule has 1 heterocycles. The number of carbonyl (C=O) groups excluding carboxylic acids is 1. The molecule has 0 saturated carbocycles. The summed E-state index contributed by atoms with van der Waals surface area (Å²) in [6.45, 7) is 0.576. The van der Waals surface area contributed by atoms with E-state index in [1.807, 2.05) is 35.7 Å². The minimum atomic E-state index is -0.0592. The van der Waals surface area contributed by atoms with Crippen molar-refractivity contribution in [1.29, 1.82) is 0 Å². The molecule has 0 unspecified atom stereocenters. The Kier molecular flexibility index (Phi) is 5.20. The van der Waals surface area contributed by atoms with E-state index in [4.69, 9.17) is 0 Å². The first-order valence-corrected chi connectivity index (χ1v) is 8.93. The van der Waals surface area contributed by atoms with E-state index in [1.165, 1.54) is 0 Å². The van der Waals surface area contributed by atoms with E-state index in [1.54, 1.807) is 23.5 Å². The van der Waals surface area contributed by atoms with Crippen molar-refractivity contribution < 1.29 is 4.79 Å². The molecule has 116 valence electrons. The summed E-state index contributed by atoms with van der Waals surface area (Å²) in [4.78, 5) is 16.7. The van der Waals surface area contributed by atoms with Gasteiger partial charge >= 0.3 is 0 Å². The molecule has 3 rings (SSSR count). The molecule has 23 heavy (non-hydrogen) atoms. The number of thiazole rings is 1. The summed E-state index contributed by atoms with van der Waals surface area (Å²) < 4.78 is 0.963. The third-order valence-electron chi connectivity index (χ3n) is 3.35. The third-order valence-corrected chi connectivity index (χ3v) is 4.81. The lowest BCUT2D eigenvalue weighted by molar-refractivity contribution is 0.0954. The smallest absolute Gasteiger partial charge is 0.251 e. The van der Waals surface area contributed by atoms with Gasteiger partial charge in [0.15, 0.2) is 0 Å². The van der Waals surface area contributed by atoms with Gasteiger partial charge in [0, 0.05) is 33.9 Å². The maximum absolute atomic E-state index is 12.0. The Bertz CT molecular complexity index is 784. The number of hydrogen-bond acceptors (Lipinski definition) is 3. The van der Waals surface area contributed by atoms with Gasteiger partial charge in [-0.1, -0.05) is 46.3 Å². The van der Waals surface area contributed by atoms with Crippen LogP contribution >= 0.6 is 27.3 Å². The quantitative estimate of drug-likeness (QED) is 0.698. The summed E-state index contributed by atoms with van der Waals surface area (Å²) in [7, 11) is 0. The number of halogens is 1. The van der Waals surface area contributed by atoms with E-state index >= 15 is 0 Å². The fourth-order valence-corrected chi connectivity index (χ4v) is 3.27. The number of nitrogens with zero attached hydrogens (tertiary/aromatic N) is 1. The van der Waals surface area contributed by atoms with Crippen molar-refractivity contribution in [2.45, 2.75) is 6.42 Å². The van der Waals surface area contributed by atoms with Crippen LogP contribution < -0.4 is 5.32 Å². The summed E-state index contributed by atoms with van der Waals surface area (Å²) >= 11 is 4.99. The monoisotopic (exact) mass is 386 g/mol. The molecule has 1 N–H and O–H groups in total. The van der Waals surface area contributed by atoms with Crippen molar-refractivity contribution in [3.8, 4) is 10.6 Å². The fourth-order valence-electron chi connectivity index (χ4n) is 2.14. The molecule has 0 atom stereocenters. The number of aromatic nitrogens is 1. The van der Waals surface area contributed by atoms with E-state index in [9.17, 15) is 4.79 Å². The molecule has 1 aromatic heterocycles. The lowest BCUT2D eigenvalue weighted by Gasteiger charge is -2.04. The third kappa shape index (κ3) is 4.27. The summed E-state index contributed by atoms with van der Waals surface area (Å²) in [5.74, 6) is -0.0592. The maximum atomic E-state index is 12.0. The normalized spacial score (nSPS) is 10.5. The van der Waals surface area contributed by atoms with Crippen molar-refractivity contribution in [1.82, 2.24) is 10.3 Å². The topological polar surface area (TPSA) is 42.0 Å². The van der Waals surface area contributed by atoms with Crippen molar-refractivity contribution in [2.24, 2.45) is 0 Å². The van der Waals surface area contributed by atoms with Crippen LogP contribution in [0.4, 0.5) is 0 Å². The second kappa shape index (κ2) is 7.53. The highest BCUT2D eigenvalue weighted by Gasteiger charge is 2.07. The van der Waals surface area contributed by atoms with Gasteiger partial charge in [0.2, 0.25) is 0 Å². The van der Waals surface area contributed by atoms with Gasteiger partial charge in [0.05, 0.1) is 5.69 Å². The number of hydrogen-bond donors (Lipinski definition) is 1. The maximum Gasteiger partial charge on any atom is 0.251 e. The van der Waals surface area contributed by atoms with Gasteiger partial charge in [-0.25, -0.2) is 4.98 Å². The molecule has 0 spiro atoms. The number of rotatable bonds is 5. The van der Waals surface area contributed by atoms with Gasteiger partial charge < -0.3 is 5.32 Å². The second-order valence-electron chi connectivity index (χ2n) is 5.02. The number of benzene rings is 2. The summed E-state index contributed by atoms with van der Waals surface area (Å²) in [5, 5.41) is 5.99. The van der Waals surface area contributed by atoms with Crippen LogP contribution in [-0.4, -0.2) is 17.4 Å². The number of nitrogens with one attached hydrogen (secondary N) is 1. The van der Waals surface area contributed by atoms with E-state index in [2.05, 4.69) is 38.4 Å². The lowest BCUT2D eigenvalue weighted by atomic mass is 10.2. The molecule has 0 bridgehead atoms. The summed E-state index contributed by atoms with van der Waals surface area (Å²) in [5.41, 5.74) is 2.80. The van der Waals surface area contributed by atoms with Crippen molar-refractivity contribution in [2.75, 3.05) is 6.54 Å². The molecule has 0 fully saturated rings. The van der Waals surface area contributed by atoms with Crippen molar-refractivity contribution in [3.63, 3.8) is 0 Å². The largest absolute Gasteiger partial charge is 0.352 e. The van der Waals surface area contributed by atoms with Crippen LogP contribution in [0.3, 0.4) is 0 Å². The zero-order valence-corrected chi connectivity index (χ0v) is 14.7. The molecular weight excluding hydrogens is 372 g/mol. The summed E-state index contributed by atoms with van der Waals surface area (Å²) in [6, 6.07) is 17.4. The zero-order chi connectivity index (χ0) is 16.1. The first-order valence-electron chi connectivity index (χ1n) is 7.26. The highest BCUT2D eigenvalue weighted by atomic mass is 79.9. The SMILES string of the molecule is O=C(NCCc1csc(-c2ccccc2)n1)c1ccc(Br)cc1. The van der Waals surface area contributed by atoms with Crippen LogP contribution in [0.1, 0.15) is 16.1 Å². The zero-order valence-electron chi connectivity index (χ0n) is 12.3. The van der Waals surface area contributed by atoms with E-state index in [0.29, 0.717) is 12.1 Å². The van der Waals surface area contributed by atoms with Gasteiger partial charge in [-0.3, -0.25) is 4.79 Å². The average molecular weight is 387 g/mol. The van der Waals surface area contributed by atoms with E-state index < -0.39 is 0 Å². The Morgan fingerprint density at radius 2 is 1.83 bits per heavy atom. The Hall–Kier alpha value is -1.98. The highest BCUT2D eigenvalue weighted by molar-refractivity contribution is 9.10. The fraction of sp³-hybridized carbons (Fsp3) is 0.111. The summed E-state index contributed by atoms with van der Waals surface area (Å²) in [6.07, 6.45) is 0.728. The second-order valence-corrected chi connectivity index (χ2v) is 6.80. The number of carbonyl (C=O) groups is 1. The molecule has 2 aromatic carbocycles. The molecule has 0 radical (unpaired) electrons. The molecule has 0 saturated heterocycles. The Balaban J connectivity index is 1.54. The first-order chi connectivity index (χ1) is 11.2. The molecular formula is C18H15BrN2OS. The lowest BCUT2D eigenvalue weighted by Crippen LogP contribution is -2.25. The van der Waals surface area contributed by atoms with Crippen molar-refractivity contribution in [3.05, 3.63) is 75.7 Å². The van der Waals surface area contributed by atoms with Gasteiger partial charge in [-0.15, -0.1) is 11.3 Å². The molecule has 3 aromatic rings. The highest BCUT2D eigenvalue weighted by Crippen LogP contribution is 2.23. The molecule has 5 heteroatoms. The van der Waals surface area contributed by atoms with Gasteiger partial charge in [0.1, 0.15) is 5.01 Å². The predicted molar refractivity (Wildman–Crippen MR) is 97.7 cm³/mol. The molecule has 0 aliphatic heterocycles. The Labute approximate surface area is 147 Å². The predicted octanol–water partition coefficient (Wildman–Crippen LogP) is 4.55. The van der Waals surface area contributed by atoms with Gasteiger partial charge in [0.25, 0.3) is 5.91 Å².